The van der Waals surface area contributed by atoms with E-state index in [9.17, 15) is 13.2 Å². The molecule has 1 unspecified atom stereocenters. The molecular formula is C9H10N4O4S. The lowest BCUT2D eigenvalue weighted by Gasteiger charge is -2.11. The number of carbonyl (C=O) groups is 1. The molecular weight excluding hydrogens is 260 g/mol. The van der Waals surface area contributed by atoms with Crippen LogP contribution in [0, 0.1) is 18.3 Å². The molecule has 0 spiro atoms. The Morgan fingerprint density at radius 3 is 2.78 bits per heavy atom. The predicted octanol–water partition coefficient (Wildman–Crippen LogP) is -0.751. The van der Waals surface area contributed by atoms with Gasteiger partial charge < -0.3 is 4.52 Å². The van der Waals surface area contributed by atoms with Gasteiger partial charge in [-0.2, -0.15) is 5.26 Å². The molecule has 1 aliphatic heterocycles. The Kier molecular flexibility index (Phi) is 2.84. The second kappa shape index (κ2) is 4.08. The smallest absolute Gasteiger partial charge is 0.252 e. The number of aryl methyl sites for hydroxylation is 1. The van der Waals surface area contributed by atoms with E-state index in [-0.39, 0.29) is 24.4 Å². The summed E-state index contributed by atoms with van der Waals surface area (Å²) in [6, 6.07) is 1.86. The fourth-order valence-corrected chi connectivity index (χ4v) is 2.49. The summed E-state index contributed by atoms with van der Waals surface area (Å²) in [4.78, 5) is 12.8. The van der Waals surface area contributed by atoms with E-state index in [2.05, 4.69) is 5.16 Å². The average Bonchev–Trinajstić information content (AvgIpc) is 2.80. The van der Waals surface area contributed by atoms with E-state index in [0.29, 0.717) is 5.69 Å². The molecule has 1 aromatic heterocycles. The van der Waals surface area contributed by atoms with Gasteiger partial charge in [0.05, 0.1) is 0 Å². The van der Waals surface area contributed by atoms with E-state index >= 15 is 0 Å². The lowest BCUT2D eigenvalue weighted by molar-refractivity contribution is -0.117. The topological polar surface area (TPSA) is 130 Å². The Morgan fingerprint density at radius 2 is 2.28 bits per heavy atom. The number of sulfonamides is 1. The van der Waals surface area contributed by atoms with Gasteiger partial charge in [-0.3, -0.25) is 9.69 Å². The summed E-state index contributed by atoms with van der Waals surface area (Å²) in [5.74, 6) is -0.479. The van der Waals surface area contributed by atoms with Gasteiger partial charge in [0.25, 0.3) is 5.88 Å². The molecule has 18 heavy (non-hydrogen) atoms. The van der Waals surface area contributed by atoms with Crippen LogP contribution in [0.15, 0.2) is 4.52 Å². The lowest BCUT2D eigenvalue weighted by atomic mass is 10.2. The summed E-state index contributed by atoms with van der Waals surface area (Å²) in [5.41, 5.74) is 0.470. The average molecular weight is 270 g/mol. The molecule has 8 nitrogen and oxygen atoms in total. The molecule has 0 radical (unpaired) electrons. The van der Waals surface area contributed by atoms with E-state index in [1.807, 2.05) is 6.07 Å². The first-order chi connectivity index (χ1) is 8.34. The second-order valence-corrected chi connectivity index (χ2v) is 5.82. The molecule has 1 saturated heterocycles. The maximum Gasteiger partial charge on any atom is 0.252 e. The van der Waals surface area contributed by atoms with Crippen LogP contribution in [-0.4, -0.2) is 31.3 Å². The molecule has 96 valence electrons. The van der Waals surface area contributed by atoms with Crippen LogP contribution >= 0.6 is 0 Å². The number of hydrogen-bond donors (Lipinski definition) is 1. The van der Waals surface area contributed by atoms with Crippen LogP contribution in [0.4, 0.5) is 5.88 Å². The monoisotopic (exact) mass is 270 g/mol. The fraction of sp³-hybridized carbons (Fsp3) is 0.444. The SMILES string of the molecule is Cc1noc(N2CC(S(N)(=O)=O)CC2=O)c1C#N. The zero-order valence-corrected chi connectivity index (χ0v) is 10.3. The third-order valence-corrected chi connectivity index (χ3v) is 4.00. The van der Waals surface area contributed by atoms with Crippen LogP contribution in [-0.2, 0) is 14.8 Å². The molecule has 0 aliphatic carbocycles. The number of carbonyl (C=O) groups excluding carboxylic acids is 1. The van der Waals surface area contributed by atoms with Crippen LogP contribution in [0.3, 0.4) is 0 Å². The highest BCUT2D eigenvalue weighted by Crippen LogP contribution is 2.28. The van der Waals surface area contributed by atoms with Crippen molar-refractivity contribution in [2.24, 2.45) is 5.14 Å². The summed E-state index contributed by atoms with van der Waals surface area (Å²) in [6.45, 7) is 1.43. The molecule has 2 heterocycles. The molecule has 1 aliphatic rings. The van der Waals surface area contributed by atoms with Crippen molar-refractivity contribution in [3.05, 3.63) is 11.3 Å². The first-order valence-corrected chi connectivity index (χ1v) is 6.64. The van der Waals surface area contributed by atoms with Crippen LogP contribution < -0.4 is 10.0 Å². The highest BCUT2D eigenvalue weighted by atomic mass is 32.2. The minimum Gasteiger partial charge on any atom is -0.336 e. The quantitative estimate of drug-likeness (QED) is 0.752. The van der Waals surface area contributed by atoms with E-state index in [4.69, 9.17) is 14.9 Å². The normalized spacial score (nSPS) is 20.2. The van der Waals surface area contributed by atoms with Crippen molar-refractivity contribution in [3.8, 4) is 6.07 Å². The number of primary sulfonamides is 1. The Labute approximate surface area is 103 Å². The number of nitrogens with two attached hydrogens (primary N) is 1. The van der Waals surface area contributed by atoms with Crippen molar-refractivity contribution in [1.82, 2.24) is 5.16 Å². The molecule has 1 fully saturated rings. The molecule has 1 amide bonds. The minimum absolute atomic E-state index is 0.0221. The van der Waals surface area contributed by atoms with Crippen molar-refractivity contribution in [2.45, 2.75) is 18.6 Å². The first kappa shape index (κ1) is 12.5. The van der Waals surface area contributed by atoms with Crippen molar-refractivity contribution in [3.63, 3.8) is 0 Å². The molecule has 0 bridgehead atoms. The summed E-state index contributed by atoms with van der Waals surface area (Å²) in [7, 11) is -3.80. The molecule has 2 rings (SSSR count). The van der Waals surface area contributed by atoms with Crippen molar-refractivity contribution < 1.29 is 17.7 Å². The number of aromatic nitrogens is 1. The summed E-state index contributed by atoms with van der Waals surface area (Å²) >= 11 is 0. The Bertz CT molecular complexity index is 642. The summed E-state index contributed by atoms with van der Waals surface area (Å²) < 4.78 is 27.3. The number of anilines is 1. The minimum atomic E-state index is -3.80. The Morgan fingerprint density at radius 1 is 1.61 bits per heavy atom. The molecule has 2 N–H and O–H groups in total. The van der Waals surface area contributed by atoms with E-state index in [1.165, 1.54) is 0 Å². The maximum absolute atomic E-state index is 11.7. The third kappa shape index (κ3) is 1.96. The van der Waals surface area contributed by atoms with Gasteiger partial charge in [-0.25, -0.2) is 13.6 Å². The predicted molar refractivity (Wildman–Crippen MR) is 59.8 cm³/mol. The highest BCUT2D eigenvalue weighted by Gasteiger charge is 2.40. The highest BCUT2D eigenvalue weighted by molar-refractivity contribution is 7.89. The van der Waals surface area contributed by atoms with Gasteiger partial charge in [0.1, 0.15) is 22.6 Å². The number of hydrogen-bond acceptors (Lipinski definition) is 6. The van der Waals surface area contributed by atoms with Gasteiger partial charge in [-0.15, -0.1) is 0 Å². The standard InChI is InChI=1S/C9H10N4O4S/c1-5-7(3-10)9(17-12-5)13-4-6(2-8(13)14)18(11,15)16/h6H,2,4H2,1H3,(H2,11,15,16). The van der Waals surface area contributed by atoms with Gasteiger partial charge in [-0.05, 0) is 6.92 Å². The van der Waals surface area contributed by atoms with Crippen molar-refractivity contribution in [2.75, 3.05) is 11.4 Å². The third-order valence-electron chi connectivity index (χ3n) is 2.76. The van der Waals surface area contributed by atoms with Gasteiger partial charge in [0.2, 0.25) is 15.9 Å². The van der Waals surface area contributed by atoms with Crippen LogP contribution in [0.5, 0.6) is 0 Å². The second-order valence-electron chi connectivity index (χ2n) is 3.98. The maximum atomic E-state index is 11.7. The molecule has 1 aromatic rings. The first-order valence-electron chi connectivity index (χ1n) is 5.03. The van der Waals surface area contributed by atoms with Gasteiger partial charge in [-0.1, -0.05) is 5.16 Å². The lowest BCUT2D eigenvalue weighted by Crippen LogP contribution is -2.32. The van der Waals surface area contributed by atoms with Crippen molar-refractivity contribution >= 4 is 21.8 Å². The number of rotatable bonds is 2. The summed E-state index contributed by atoms with van der Waals surface area (Å²) in [6.07, 6.45) is -0.219. The van der Waals surface area contributed by atoms with E-state index < -0.39 is 21.2 Å². The number of amides is 1. The van der Waals surface area contributed by atoms with Crippen LogP contribution in [0.2, 0.25) is 0 Å². The van der Waals surface area contributed by atoms with Gasteiger partial charge in [0, 0.05) is 13.0 Å². The van der Waals surface area contributed by atoms with Gasteiger partial charge in [0.15, 0.2) is 0 Å². The molecule has 9 heteroatoms. The van der Waals surface area contributed by atoms with E-state index in [0.717, 1.165) is 4.90 Å². The zero-order valence-electron chi connectivity index (χ0n) is 9.45. The largest absolute Gasteiger partial charge is 0.336 e. The molecule has 1 atom stereocenters. The fourth-order valence-electron chi connectivity index (χ4n) is 1.76. The molecule has 0 aromatic carbocycles. The van der Waals surface area contributed by atoms with Crippen LogP contribution in [0.25, 0.3) is 0 Å². The van der Waals surface area contributed by atoms with Gasteiger partial charge >= 0.3 is 0 Å². The number of nitrogens with zero attached hydrogens (tertiary/aromatic N) is 3. The Hall–Kier alpha value is -1.92. The van der Waals surface area contributed by atoms with E-state index in [1.54, 1.807) is 6.92 Å². The van der Waals surface area contributed by atoms with Crippen LogP contribution in [0.1, 0.15) is 17.7 Å². The zero-order chi connectivity index (χ0) is 13.5. The Balaban J connectivity index is 2.37. The number of nitriles is 1. The molecule has 0 saturated carbocycles. The summed E-state index contributed by atoms with van der Waals surface area (Å²) in [5, 5.41) is 16.5. The van der Waals surface area contributed by atoms with Crippen molar-refractivity contribution in [1.29, 1.82) is 5.26 Å².